The van der Waals surface area contributed by atoms with Crippen LogP contribution >= 0.6 is 24.0 Å². The van der Waals surface area contributed by atoms with Gasteiger partial charge < -0.3 is 20.4 Å². The number of likely N-dealkylation sites (N-methyl/N-ethyl adjacent to an activating group) is 1. The van der Waals surface area contributed by atoms with Crippen LogP contribution in [0.25, 0.3) is 0 Å². The van der Waals surface area contributed by atoms with E-state index in [0.29, 0.717) is 18.0 Å². The summed E-state index contributed by atoms with van der Waals surface area (Å²) >= 11 is 0. The molecule has 2 aliphatic carbocycles. The van der Waals surface area contributed by atoms with Crippen molar-refractivity contribution in [3.63, 3.8) is 0 Å². The highest BCUT2D eigenvalue weighted by Crippen LogP contribution is 2.26. The first-order chi connectivity index (χ1) is 14.0. The zero-order valence-electron chi connectivity index (χ0n) is 19.4. The van der Waals surface area contributed by atoms with E-state index in [-0.39, 0.29) is 36.4 Å². The number of hydrogen-bond acceptors (Lipinski definition) is 3. The summed E-state index contributed by atoms with van der Waals surface area (Å²) in [5, 5.41) is 7.36. The van der Waals surface area contributed by atoms with Crippen molar-refractivity contribution in [2.45, 2.75) is 95.7 Å². The molecule has 0 radical (unpaired) electrons. The summed E-state index contributed by atoms with van der Waals surface area (Å²) in [4.78, 5) is 21.1. The van der Waals surface area contributed by atoms with Gasteiger partial charge in [0.1, 0.15) is 6.54 Å². The third-order valence-electron chi connectivity index (χ3n) is 7.27. The molecule has 0 spiro atoms. The highest BCUT2D eigenvalue weighted by atomic mass is 127. The summed E-state index contributed by atoms with van der Waals surface area (Å²) in [5.41, 5.74) is 0. The summed E-state index contributed by atoms with van der Waals surface area (Å²) in [6.45, 7) is 4.92. The Kier molecular flexibility index (Phi) is 11.2. The normalized spacial score (nSPS) is 27.2. The van der Waals surface area contributed by atoms with Crippen LogP contribution in [0.1, 0.15) is 77.6 Å². The summed E-state index contributed by atoms with van der Waals surface area (Å²) in [6.07, 6.45) is 14.4. The van der Waals surface area contributed by atoms with E-state index in [1.54, 1.807) is 19.0 Å². The van der Waals surface area contributed by atoms with E-state index in [2.05, 4.69) is 27.4 Å². The number of carbonyl (C=O) groups is 1. The zero-order valence-corrected chi connectivity index (χ0v) is 21.7. The molecule has 2 N–H and O–H groups in total. The van der Waals surface area contributed by atoms with Crippen LogP contribution in [0.2, 0.25) is 0 Å². The number of carbonyl (C=O) groups excluding carboxylic acids is 1. The predicted octanol–water partition coefficient (Wildman–Crippen LogP) is 3.60. The standard InChI is InChI=1S/C23H43N5O.HI/c1-18-9-7-8-12-21(18)26-23(24-17-22(29)27(2)3)25-19-13-15-28(16-14-19)20-10-5-4-6-11-20;/h18-21H,4-17H2,1-3H3,(H2,24,25,26);1H. The van der Waals surface area contributed by atoms with E-state index >= 15 is 0 Å². The maximum atomic E-state index is 12.1. The van der Waals surface area contributed by atoms with E-state index in [1.807, 2.05) is 0 Å². The number of halogens is 1. The molecule has 1 aliphatic heterocycles. The van der Waals surface area contributed by atoms with E-state index in [0.717, 1.165) is 12.0 Å². The number of rotatable bonds is 5. The summed E-state index contributed by atoms with van der Waals surface area (Å²) in [7, 11) is 3.59. The minimum absolute atomic E-state index is 0. The molecular weight excluding hydrogens is 489 g/mol. The minimum Gasteiger partial charge on any atom is -0.354 e. The number of nitrogens with one attached hydrogen (secondary N) is 2. The van der Waals surface area contributed by atoms with Gasteiger partial charge in [-0.15, -0.1) is 24.0 Å². The lowest BCUT2D eigenvalue weighted by Crippen LogP contribution is -2.53. The van der Waals surface area contributed by atoms with E-state index in [9.17, 15) is 4.79 Å². The first kappa shape index (κ1) is 25.7. The molecule has 0 aromatic heterocycles. The van der Waals surface area contributed by atoms with Crippen molar-refractivity contribution in [3.05, 3.63) is 0 Å². The molecule has 0 aromatic carbocycles. The van der Waals surface area contributed by atoms with Crippen LogP contribution < -0.4 is 10.6 Å². The molecule has 30 heavy (non-hydrogen) atoms. The Bertz CT molecular complexity index is 542. The van der Waals surface area contributed by atoms with Crippen LogP contribution in [0.15, 0.2) is 4.99 Å². The fraction of sp³-hybridized carbons (Fsp3) is 0.913. The first-order valence-corrected chi connectivity index (χ1v) is 12.0. The molecule has 7 heteroatoms. The molecule has 1 heterocycles. The molecular formula is C23H44IN5O. The van der Waals surface area contributed by atoms with Gasteiger partial charge in [0, 0.05) is 45.3 Å². The molecule has 174 valence electrons. The summed E-state index contributed by atoms with van der Waals surface area (Å²) in [5.74, 6) is 1.55. The summed E-state index contributed by atoms with van der Waals surface area (Å²) in [6, 6.07) is 1.73. The smallest absolute Gasteiger partial charge is 0.243 e. The number of guanidine groups is 1. The molecule has 3 rings (SSSR count). The van der Waals surface area contributed by atoms with Gasteiger partial charge in [0.15, 0.2) is 5.96 Å². The van der Waals surface area contributed by atoms with Crippen molar-refractivity contribution >= 4 is 35.8 Å². The minimum atomic E-state index is 0. The quantitative estimate of drug-likeness (QED) is 0.322. The Morgan fingerprint density at radius 2 is 1.57 bits per heavy atom. The van der Waals surface area contributed by atoms with Crippen LogP contribution in [0.5, 0.6) is 0 Å². The third kappa shape index (κ3) is 7.84. The molecule has 0 bridgehead atoms. The van der Waals surface area contributed by atoms with Crippen LogP contribution in [0.3, 0.4) is 0 Å². The second kappa shape index (κ2) is 13.1. The van der Waals surface area contributed by atoms with Gasteiger partial charge in [0.25, 0.3) is 0 Å². The number of hydrogen-bond donors (Lipinski definition) is 2. The average Bonchev–Trinajstić information content (AvgIpc) is 2.74. The number of amides is 1. The molecule has 2 atom stereocenters. The van der Waals surface area contributed by atoms with Gasteiger partial charge in [-0.3, -0.25) is 4.79 Å². The lowest BCUT2D eigenvalue weighted by Gasteiger charge is -2.40. The lowest BCUT2D eigenvalue weighted by molar-refractivity contribution is -0.127. The van der Waals surface area contributed by atoms with Crippen LogP contribution in [-0.2, 0) is 4.79 Å². The monoisotopic (exact) mass is 533 g/mol. The highest BCUT2D eigenvalue weighted by Gasteiger charge is 2.28. The lowest BCUT2D eigenvalue weighted by atomic mass is 9.86. The van der Waals surface area contributed by atoms with Gasteiger partial charge in [-0.25, -0.2) is 4.99 Å². The van der Waals surface area contributed by atoms with Gasteiger partial charge in [0.05, 0.1) is 0 Å². The fourth-order valence-corrected chi connectivity index (χ4v) is 5.18. The average molecular weight is 534 g/mol. The Morgan fingerprint density at radius 1 is 0.933 bits per heavy atom. The molecule has 3 aliphatic rings. The van der Waals surface area contributed by atoms with Crippen LogP contribution in [0.4, 0.5) is 0 Å². The number of nitrogens with zero attached hydrogens (tertiary/aromatic N) is 3. The second-order valence-electron chi connectivity index (χ2n) is 9.71. The number of aliphatic imine (C=N–C) groups is 1. The van der Waals surface area contributed by atoms with Crippen molar-refractivity contribution in [1.29, 1.82) is 0 Å². The van der Waals surface area contributed by atoms with Gasteiger partial charge in [-0.2, -0.15) is 0 Å². The number of likely N-dealkylation sites (tertiary alicyclic amines) is 1. The molecule has 0 aromatic rings. The van der Waals surface area contributed by atoms with E-state index in [1.165, 1.54) is 83.7 Å². The molecule has 2 unspecified atom stereocenters. The maximum absolute atomic E-state index is 12.1. The number of piperidine rings is 1. The maximum Gasteiger partial charge on any atom is 0.243 e. The third-order valence-corrected chi connectivity index (χ3v) is 7.27. The van der Waals surface area contributed by atoms with Gasteiger partial charge in [0.2, 0.25) is 5.91 Å². The van der Waals surface area contributed by atoms with Gasteiger partial charge in [-0.05, 0) is 44.4 Å². The van der Waals surface area contributed by atoms with Crippen molar-refractivity contribution in [2.24, 2.45) is 10.9 Å². The molecule has 3 fully saturated rings. The SMILES string of the molecule is CC1CCCCC1NC(=NCC(=O)N(C)C)NC1CCN(C2CCCCC2)CC1.I. The highest BCUT2D eigenvalue weighted by molar-refractivity contribution is 14.0. The largest absolute Gasteiger partial charge is 0.354 e. The van der Waals surface area contributed by atoms with Gasteiger partial charge in [-0.1, -0.05) is 39.0 Å². The predicted molar refractivity (Wildman–Crippen MR) is 136 cm³/mol. The molecule has 2 saturated carbocycles. The first-order valence-electron chi connectivity index (χ1n) is 12.0. The molecule has 1 saturated heterocycles. The Hall–Kier alpha value is -0.570. The van der Waals surface area contributed by atoms with Crippen molar-refractivity contribution < 1.29 is 4.79 Å². The van der Waals surface area contributed by atoms with Crippen LogP contribution in [0, 0.1) is 5.92 Å². The topological polar surface area (TPSA) is 60.0 Å². The fourth-order valence-electron chi connectivity index (χ4n) is 5.18. The Morgan fingerprint density at radius 3 is 2.20 bits per heavy atom. The van der Waals surface area contributed by atoms with Crippen molar-refractivity contribution in [1.82, 2.24) is 20.4 Å². The Balaban J connectivity index is 0.00000320. The molecule has 1 amide bonds. The Labute approximate surface area is 201 Å². The molecule has 6 nitrogen and oxygen atoms in total. The summed E-state index contributed by atoms with van der Waals surface area (Å²) < 4.78 is 0. The van der Waals surface area contributed by atoms with Crippen molar-refractivity contribution in [2.75, 3.05) is 33.7 Å². The van der Waals surface area contributed by atoms with Crippen molar-refractivity contribution in [3.8, 4) is 0 Å². The van der Waals surface area contributed by atoms with Gasteiger partial charge >= 0.3 is 0 Å². The zero-order chi connectivity index (χ0) is 20.6. The van der Waals surface area contributed by atoms with E-state index in [4.69, 9.17) is 0 Å². The van der Waals surface area contributed by atoms with E-state index < -0.39 is 0 Å². The second-order valence-corrected chi connectivity index (χ2v) is 9.71. The van der Waals surface area contributed by atoms with Crippen LogP contribution in [-0.4, -0.2) is 73.5 Å².